The van der Waals surface area contributed by atoms with Gasteiger partial charge in [-0.25, -0.2) is 13.1 Å². The Morgan fingerprint density at radius 3 is 2.78 bits per heavy atom. The molecule has 2 saturated heterocycles. The summed E-state index contributed by atoms with van der Waals surface area (Å²) >= 11 is 1.48. The topological polar surface area (TPSA) is 75.7 Å². The first-order valence-corrected chi connectivity index (χ1v) is 10.5. The average molecular weight is 358 g/mol. The molecular formula is C15H22N2O4S2. The van der Waals surface area contributed by atoms with Crippen molar-refractivity contribution >= 4 is 27.3 Å². The van der Waals surface area contributed by atoms with E-state index < -0.39 is 10.0 Å². The minimum Gasteiger partial charge on any atom is -0.371 e. The number of carbonyl (C=O) groups excluding carboxylic acids is 1. The van der Waals surface area contributed by atoms with Crippen LogP contribution < -0.4 is 4.72 Å². The second kappa shape index (κ2) is 6.16. The van der Waals surface area contributed by atoms with Gasteiger partial charge in [-0.15, -0.1) is 11.3 Å². The maximum atomic E-state index is 12.4. The quantitative estimate of drug-likeness (QED) is 0.878. The van der Waals surface area contributed by atoms with Crippen LogP contribution >= 0.6 is 11.3 Å². The molecule has 0 bridgehead atoms. The predicted molar refractivity (Wildman–Crippen MR) is 89.2 cm³/mol. The first kappa shape index (κ1) is 16.9. The van der Waals surface area contributed by atoms with E-state index in [-0.39, 0.29) is 17.4 Å². The number of thiophene rings is 1. The Labute approximate surface area is 140 Å². The molecule has 1 atom stereocenters. The van der Waals surface area contributed by atoms with Gasteiger partial charge in [0.2, 0.25) is 10.0 Å². The molecule has 6 nitrogen and oxygen atoms in total. The molecule has 0 aromatic carbocycles. The molecule has 3 heterocycles. The van der Waals surface area contributed by atoms with E-state index in [0.717, 1.165) is 23.3 Å². The van der Waals surface area contributed by atoms with Gasteiger partial charge < -0.3 is 9.64 Å². The third-order valence-electron chi connectivity index (χ3n) is 4.57. The average Bonchev–Trinajstić information content (AvgIpc) is 2.88. The molecule has 1 spiro atoms. The SMILES string of the molecule is Cc1ccsc1C(=O)N1CC2(CC[C@H](CNS(C)(=O)=O)CO2)C1. The van der Waals surface area contributed by atoms with E-state index in [0.29, 0.717) is 26.2 Å². The van der Waals surface area contributed by atoms with Crippen molar-refractivity contribution in [1.82, 2.24) is 9.62 Å². The highest BCUT2D eigenvalue weighted by Gasteiger charge is 2.48. The van der Waals surface area contributed by atoms with Gasteiger partial charge in [0.25, 0.3) is 5.91 Å². The molecule has 2 aliphatic rings. The fourth-order valence-electron chi connectivity index (χ4n) is 3.13. The van der Waals surface area contributed by atoms with Gasteiger partial charge in [-0.1, -0.05) is 0 Å². The number of ether oxygens (including phenoxy) is 1. The number of carbonyl (C=O) groups is 1. The molecular weight excluding hydrogens is 336 g/mol. The van der Waals surface area contributed by atoms with Crippen LogP contribution in [0, 0.1) is 12.8 Å². The van der Waals surface area contributed by atoms with Gasteiger partial charge >= 0.3 is 0 Å². The summed E-state index contributed by atoms with van der Waals surface area (Å²) in [5, 5.41) is 1.94. The highest BCUT2D eigenvalue weighted by Crippen LogP contribution is 2.37. The lowest BCUT2D eigenvalue weighted by molar-refractivity contribution is -0.165. The van der Waals surface area contributed by atoms with Gasteiger partial charge in [0.05, 0.1) is 30.8 Å². The van der Waals surface area contributed by atoms with Crippen molar-refractivity contribution < 1.29 is 17.9 Å². The van der Waals surface area contributed by atoms with Crippen LogP contribution in [0.5, 0.6) is 0 Å². The molecule has 2 fully saturated rings. The van der Waals surface area contributed by atoms with E-state index in [1.807, 2.05) is 23.3 Å². The van der Waals surface area contributed by atoms with E-state index in [1.54, 1.807) is 0 Å². The van der Waals surface area contributed by atoms with Gasteiger partial charge in [-0.2, -0.15) is 0 Å². The van der Waals surface area contributed by atoms with Crippen LogP contribution in [0.2, 0.25) is 0 Å². The zero-order chi connectivity index (χ0) is 16.7. The summed E-state index contributed by atoms with van der Waals surface area (Å²) in [6.07, 6.45) is 2.96. The van der Waals surface area contributed by atoms with E-state index in [2.05, 4.69) is 4.72 Å². The fourth-order valence-corrected chi connectivity index (χ4v) is 4.56. The molecule has 128 valence electrons. The summed E-state index contributed by atoms with van der Waals surface area (Å²) in [5.74, 6) is 0.298. The van der Waals surface area contributed by atoms with Crippen molar-refractivity contribution in [2.24, 2.45) is 5.92 Å². The summed E-state index contributed by atoms with van der Waals surface area (Å²) in [7, 11) is -3.15. The lowest BCUT2D eigenvalue weighted by Gasteiger charge is -2.52. The molecule has 1 aromatic heterocycles. The van der Waals surface area contributed by atoms with Crippen molar-refractivity contribution in [2.45, 2.75) is 25.4 Å². The standard InChI is InChI=1S/C15H22N2O4S2/c1-11-4-6-22-13(11)14(18)17-9-15(10-17)5-3-12(8-21-15)7-16-23(2,19)20/h4,6,12,16H,3,5,7-10H2,1-2H3/t12-/m1/s1. The second-order valence-corrected chi connectivity index (χ2v) is 9.36. The first-order valence-electron chi connectivity index (χ1n) is 7.70. The highest BCUT2D eigenvalue weighted by atomic mass is 32.2. The van der Waals surface area contributed by atoms with Crippen molar-refractivity contribution in [3.63, 3.8) is 0 Å². The number of nitrogens with one attached hydrogen (secondary N) is 1. The van der Waals surface area contributed by atoms with Crippen LogP contribution in [0.15, 0.2) is 11.4 Å². The summed E-state index contributed by atoms with van der Waals surface area (Å²) in [6.45, 7) is 4.19. The smallest absolute Gasteiger partial charge is 0.264 e. The molecule has 0 unspecified atom stereocenters. The molecule has 23 heavy (non-hydrogen) atoms. The highest BCUT2D eigenvalue weighted by molar-refractivity contribution is 7.88. The zero-order valence-corrected chi connectivity index (χ0v) is 15.0. The number of amides is 1. The monoisotopic (exact) mass is 358 g/mol. The summed E-state index contributed by atoms with van der Waals surface area (Å²) in [4.78, 5) is 15.1. The molecule has 1 N–H and O–H groups in total. The van der Waals surface area contributed by atoms with Crippen molar-refractivity contribution in [1.29, 1.82) is 0 Å². The van der Waals surface area contributed by atoms with Crippen LogP contribution in [0.3, 0.4) is 0 Å². The second-order valence-electron chi connectivity index (χ2n) is 6.61. The maximum absolute atomic E-state index is 12.4. The van der Waals surface area contributed by atoms with Crippen LogP contribution in [0.4, 0.5) is 0 Å². The Balaban J connectivity index is 1.48. The summed E-state index contributed by atoms with van der Waals surface area (Å²) in [5.41, 5.74) is 0.806. The molecule has 8 heteroatoms. The van der Waals surface area contributed by atoms with Gasteiger partial charge in [0, 0.05) is 6.54 Å². The zero-order valence-electron chi connectivity index (χ0n) is 13.4. The number of nitrogens with zero attached hydrogens (tertiary/aromatic N) is 1. The number of aryl methyl sites for hydroxylation is 1. The number of hydrogen-bond acceptors (Lipinski definition) is 5. The molecule has 0 saturated carbocycles. The molecule has 1 amide bonds. The predicted octanol–water partition coefficient (Wildman–Crippen LogP) is 1.23. The van der Waals surface area contributed by atoms with Gasteiger partial charge in [-0.05, 0) is 42.7 Å². The first-order chi connectivity index (χ1) is 10.8. The summed E-state index contributed by atoms with van der Waals surface area (Å²) < 4.78 is 30.8. The van der Waals surface area contributed by atoms with Crippen molar-refractivity contribution in [2.75, 3.05) is 32.5 Å². The third kappa shape index (κ3) is 3.76. The molecule has 2 aliphatic heterocycles. The number of sulfonamides is 1. The minimum absolute atomic E-state index is 0.0904. The third-order valence-corrected chi connectivity index (χ3v) is 6.26. The molecule has 1 aromatic rings. The number of hydrogen-bond donors (Lipinski definition) is 1. The van der Waals surface area contributed by atoms with E-state index in [1.165, 1.54) is 17.6 Å². The molecule has 3 rings (SSSR count). The Bertz CT molecular complexity index is 682. The van der Waals surface area contributed by atoms with Crippen LogP contribution in [0.1, 0.15) is 28.1 Å². The molecule has 0 aliphatic carbocycles. The molecule has 0 radical (unpaired) electrons. The number of likely N-dealkylation sites (tertiary alicyclic amines) is 1. The Hall–Kier alpha value is -0.960. The Morgan fingerprint density at radius 2 is 2.26 bits per heavy atom. The largest absolute Gasteiger partial charge is 0.371 e. The Morgan fingerprint density at radius 1 is 1.52 bits per heavy atom. The van der Waals surface area contributed by atoms with Crippen LogP contribution in [-0.2, 0) is 14.8 Å². The van der Waals surface area contributed by atoms with Crippen LogP contribution in [0.25, 0.3) is 0 Å². The lowest BCUT2D eigenvalue weighted by atomic mass is 9.83. The van der Waals surface area contributed by atoms with E-state index in [4.69, 9.17) is 4.74 Å². The lowest BCUT2D eigenvalue weighted by Crippen LogP contribution is -2.66. The normalized spacial score (nSPS) is 23.7. The van der Waals surface area contributed by atoms with Gasteiger partial charge in [-0.3, -0.25) is 4.79 Å². The van der Waals surface area contributed by atoms with Crippen LogP contribution in [-0.4, -0.2) is 57.3 Å². The van der Waals surface area contributed by atoms with E-state index >= 15 is 0 Å². The van der Waals surface area contributed by atoms with Gasteiger partial charge in [0.15, 0.2) is 0 Å². The van der Waals surface area contributed by atoms with Crippen molar-refractivity contribution in [3.8, 4) is 0 Å². The van der Waals surface area contributed by atoms with E-state index in [9.17, 15) is 13.2 Å². The Kier molecular flexibility index (Phi) is 4.52. The minimum atomic E-state index is -3.15. The number of rotatable bonds is 4. The fraction of sp³-hybridized carbons (Fsp3) is 0.667. The van der Waals surface area contributed by atoms with Crippen molar-refractivity contribution in [3.05, 3.63) is 21.9 Å². The summed E-state index contributed by atoms with van der Waals surface area (Å²) in [6, 6.07) is 1.96. The maximum Gasteiger partial charge on any atom is 0.264 e. The van der Waals surface area contributed by atoms with Gasteiger partial charge in [0.1, 0.15) is 5.60 Å².